The number of sulfonamides is 1. The van der Waals surface area contributed by atoms with E-state index in [4.69, 9.17) is 5.26 Å². The maximum atomic E-state index is 12.6. The van der Waals surface area contributed by atoms with Crippen LogP contribution in [0.15, 0.2) is 41.3 Å². The highest BCUT2D eigenvalue weighted by molar-refractivity contribution is 7.89. The van der Waals surface area contributed by atoms with Crippen molar-refractivity contribution in [2.45, 2.75) is 11.8 Å². The zero-order valence-corrected chi connectivity index (χ0v) is 13.1. The molecule has 1 amide bonds. The Morgan fingerprint density at radius 2 is 1.86 bits per heavy atom. The van der Waals surface area contributed by atoms with E-state index in [1.54, 1.807) is 30.0 Å². The Morgan fingerprint density at radius 1 is 1.23 bits per heavy atom. The van der Waals surface area contributed by atoms with E-state index in [1.807, 2.05) is 6.07 Å². The molecule has 1 aliphatic rings. The third kappa shape index (κ3) is 3.18. The van der Waals surface area contributed by atoms with Crippen LogP contribution in [0.3, 0.4) is 0 Å². The fraction of sp³-hybridized carbons (Fsp3) is 0.333. The maximum Gasteiger partial charge on any atom is 0.246 e. The van der Waals surface area contributed by atoms with Crippen LogP contribution in [0.2, 0.25) is 0 Å². The van der Waals surface area contributed by atoms with E-state index in [1.165, 1.54) is 22.5 Å². The Labute approximate surface area is 130 Å². The van der Waals surface area contributed by atoms with Gasteiger partial charge in [0.1, 0.15) is 6.07 Å². The second-order valence-electron chi connectivity index (χ2n) is 4.84. The molecule has 0 aromatic heterocycles. The van der Waals surface area contributed by atoms with Crippen LogP contribution in [0.5, 0.6) is 0 Å². The quantitative estimate of drug-likeness (QED) is 0.777. The van der Waals surface area contributed by atoms with Crippen molar-refractivity contribution >= 4 is 15.9 Å². The summed E-state index contributed by atoms with van der Waals surface area (Å²) in [4.78, 5) is 13.4. The smallest absolute Gasteiger partial charge is 0.246 e. The lowest BCUT2D eigenvalue weighted by molar-refractivity contribution is -0.127. The molecule has 22 heavy (non-hydrogen) atoms. The number of rotatable bonds is 3. The van der Waals surface area contributed by atoms with Crippen LogP contribution in [0.4, 0.5) is 0 Å². The summed E-state index contributed by atoms with van der Waals surface area (Å²) < 4.78 is 26.6. The van der Waals surface area contributed by atoms with E-state index < -0.39 is 10.0 Å². The van der Waals surface area contributed by atoms with Crippen LogP contribution in [0, 0.1) is 11.3 Å². The van der Waals surface area contributed by atoms with Crippen molar-refractivity contribution in [2.24, 2.45) is 0 Å². The Kier molecular flexibility index (Phi) is 4.96. The van der Waals surface area contributed by atoms with Gasteiger partial charge in [0, 0.05) is 26.2 Å². The number of nitriles is 1. The largest absolute Gasteiger partial charge is 0.337 e. The molecule has 1 saturated heterocycles. The first-order valence-electron chi connectivity index (χ1n) is 6.91. The first-order chi connectivity index (χ1) is 10.5. The summed E-state index contributed by atoms with van der Waals surface area (Å²) in [5.41, 5.74) is 0.134. The fourth-order valence-corrected chi connectivity index (χ4v) is 3.88. The minimum absolute atomic E-state index is 0.0192. The molecule has 1 aliphatic heterocycles. The zero-order chi connectivity index (χ0) is 16.2. The van der Waals surface area contributed by atoms with Gasteiger partial charge in [-0.15, -0.1) is 0 Å². The number of hydrogen-bond donors (Lipinski definition) is 0. The summed E-state index contributed by atoms with van der Waals surface area (Å²) in [6.07, 6.45) is 3.13. The summed E-state index contributed by atoms with van der Waals surface area (Å²) in [5.74, 6) is -0.114. The molecular formula is C15H17N3O3S. The van der Waals surface area contributed by atoms with E-state index in [0.717, 1.165) is 0 Å². The standard InChI is InChI=1S/C15H17N3O3S/c1-2-5-15(19)17-8-10-18(11-9-17)22(20,21)14-7-4-3-6-13(14)12-16/h2-7H,8-11H2,1H3/b5-2+. The lowest BCUT2D eigenvalue weighted by Gasteiger charge is -2.33. The van der Waals surface area contributed by atoms with Crippen LogP contribution in [-0.2, 0) is 14.8 Å². The molecule has 0 bridgehead atoms. The molecule has 1 aromatic carbocycles. The fourth-order valence-electron chi connectivity index (χ4n) is 2.32. The first kappa shape index (κ1) is 16.2. The molecule has 2 rings (SSSR count). The van der Waals surface area contributed by atoms with Gasteiger partial charge in [0.05, 0.1) is 10.5 Å². The SMILES string of the molecule is C/C=C/C(=O)N1CCN(S(=O)(=O)c2ccccc2C#N)CC1. The van der Waals surface area contributed by atoms with Gasteiger partial charge in [0.25, 0.3) is 0 Å². The van der Waals surface area contributed by atoms with E-state index in [-0.39, 0.29) is 29.5 Å². The van der Waals surface area contributed by atoms with Crippen molar-refractivity contribution in [3.8, 4) is 6.07 Å². The summed E-state index contributed by atoms with van der Waals surface area (Å²) >= 11 is 0. The van der Waals surface area contributed by atoms with Gasteiger partial charge in [-0.3, -0.25) is 4.79 Å². The average molecular weight is 319 g/mol. The predicted octanol–water partition coefficient (Wildman–Crippen LogP) is 0.967. The van der Waals surface area contributed by atoms with Crippen LogP contribution < -0.4 is 0 Å². The Morgan fingerprint density at radius 3 is 2.45 bits per heavy atom. The van der Waals surface area contributed by atoms with Gasteiger partial charge in [0.2, 0.25) is 15.9 Å². The van der Waals surface area contributed by atoms with Crippen LogP contribution in [-0.4, -0.2) is 49.7 Å². The molecule has 1 aromatic rings. The predicted molar refractivity (Wildman–Crippen MR) is 81.3 cm³/mol. The van der Waals surface area contributed by atoms with Crippen molar-refractivity contribution in [1.29, 1.82) is 5.26 Å². The van der Waals surface area contributed by atoms with E-state index in [9.17, 15) is 13.2 Å². The van der Waals surface area contributed by atoms with Crippen molar-refractivity contribution < 1.29 is 13.2 Å². The number of allylic oxidation sites excluding steroid dienone is 1. The third-order valence-electron chi connectivity index (χ3n) is 3.48. The van der Waals surface area contributed by atoms with Gasteiger partial charge in [-0.2, -0.15) is 9.57 Å². The highest BCUT2D eigenvalue weighted by atomic mass is 32.2. The van der Waals surface area contributed by atoms with Gasteiger partial charge in [-0.05, 0) is 25.1 Å². The second-order valence-corrected chi connectivity index (χ2v) is 6.74. The third-order valence-corrected chi connectivity index (χ3v) is 5.44. The monoisotopic (exact) mass is 319 g/mol. The number of carbonyl (C=O) groups excluding carboxylic acids is 1. The van der Waals surface area contributed by atoms with Crippen LogP contribution in [0.25, 0.3) is 0 Å². The van der Waals surface area contributed by atoms with Gasteiger partial charge >= 0.3 is 0 Å². The Bertz CT molecular complexity index is 727. The van der Waals surface area contributed by atoms with Gasteiger partial charge < -0.3 is 4.90 Å². The molecule has 6 nitrogen and oxygen atoms in total. The molecule has 0 spiro atoms. The molecular weight excluding hydrogens is 302 g/mol. The molecule has 0 saturated carbocycles. The summed E-state index contributed by atoms with van der Waals surface area (Å²) in [5, 5.41) is 9.06. The molecule has 0 atom stereocenters. The minimum Gasteiger partial charge on any atom is -0.337 e. The summed E-state index contributed by atoms with van der Waals surface area (Å²) in [7, 11) is -3.71. The number of amides is 1. The molecule has 0 N–H and O–H groups in total. The van der Waals surface area contributed by atoms with E-state index >= 15 is 0 Å². The number of benzene rings is 1. The molecule has 1 heterocycles. The first-order valence-corrected chi connectivity index (χ1v) is 8.35. The molecule has 0 radical (unpaired) electrons. The number of carbonyl (C=O) groups is 1. The lowest BCUT2D eigenvalue weighted by atomic mass is 10.2. The maximum absolute atomic E-state index is 12.6. The van der Waals surface area contributed by atoms with Crippen LogP contribution >= 0.6 is 0 Å². The summed E-state index contributed by atoms with van der Waals surface area (Å²) in [6.45, 7) is 2.91. The van der Waals surface area contributed by atoms with Gasteiger partial charge in [-0.1, -0.05) is 18.2 Å². The zero-order valence-electron chi connectivity index (χ0n) is 12.3. The van der Waals surface area contributed by atoms with Crippen molar-refractivity contribution in [2.75, 3.05) is 26.2 Å². The molecule has 0 unspecified atom stereocenters. The van der Waals surface area contributed by atoms with Crippen molar-refractivity contribution in [1.82, 2.24) is 9.21 Å². The Hall–Kier alpha value is -2.17. The molecule has 0 aliphatic carbocycles. The minimum atomic E-state index is -3.71. The number of nitrogens with zero attached hydrogens (tertiary/aromatic N) is 3. The van der Waals surface area contributed by atoms with Gasteiger partial charge in [0.15, 0.2) is 0 Å². The van der Waals surface area contributed by atoms with Crippen LogP contribution in [0.1, 0.15) is 12.5 Å². The highest BCUT2D eigenvalue weighted by Crippen LogP contribution is 2.21. The second kappa shape index (κ2) is 6.73. The summed E-state index contributed by atoms with van der Waals surface area (Å²) in [6, 6.07) is 8.05. The molecule has 116 valence electrons. The van der Waals surface area contributed by atoms with Crippen molar-refractivity contribution in [3.63, 3.8) is 0 Å². The average Bonchev–Trinajstić information content (AvgIpc) is 2.55. The highest BCUT2D eigenvalue weighted by Gasteiger charge is 2.30. The normalized spacial score (nSPS) is 16.6. The number of hydrogen-bond acceptors (Lipinski definition) is 4. The van der Waals surface area contributed by atoms with E-state index in [0.29, 0.717) is 13.1 Å². The molecule has 1 fully saturated rings. The lowest BCUT2D eigenvalue weighted by Crippen LogP contribution is -2.50. The number of piperazine rings is 1. The Balaban J connectivity index is 2.17. The molecule has 7 heteroatoms. The topological polar surface area (TPSA) is 81.5 Å². The van der Waals surface area contributed by atoms with Crippen molar-refractivity contribution in [3.05, 3.63) is 42.0 Å². The van der Waals surface area contributed by atoms with Gasteiger partial charge in [-0.25, -0.2) is 8.42 Å². The van der Waals surface area contributed by atoms with E-state index in [2.05, 4.69) is 0 Å².